The molecule has 1 aromatic carbocycles. The minimum atomic E-state index is -3.25. The summed E-state index contributed by atoms with van der Waals surface area (Å²) in [6.07, 6.45) is 1.21. The number of benzene rings is 1. The molecule has 0 aliphatic rings. The summed E-state index contributed by atoms with van der Waals surface area (Å²) in [6, 6.07) is 1.22. The molecule has 102 valence electrons. The Balaban J connectivity index is 3.31. The lowest BCUT2D eigenvalue weighted by atomic mass is 10.1. The molecule has 0 unspecified atom stereocenters. The number of alkyl halides is 2. The van der Waals surface area contributed by atoms with E-state index in [0.717, 1.165) is 6.07 Å². The molecule has 1 aromatic rings. The van der Waals surface area contributed by atoms with Crippen LogP contribution in [0.25, 0.3) is 6.08 Å². The van der Waals surface area contributed by atoms with Crippen LogP contribution in [0.5, 0.6) is 5.75 Å². The average molecular weight is 277 g/mol. The number of carboxylic acid groups (broad SMARTS) is 1. The number of rotatable bonds is 5. The molecular formula is C10H6F3NO5. The van der Waals surface area contributed by atoms with E-state index >= 15 is 0 Å². The van der Waals surface area contributed by atoms with Crippen LogP contribution < -0.4 is 4.74 Å². The van der Waals surface area contributed by atoms with E-state index in [0.29, 0.717) is 18.2 Å². The van der Waals surface area contributed by atoms with Gasteiger partial charge < -0.3 is 9.84 Å². The highest BCUT2D eigenvalue weighted by Crippen LogP contribution is 2.29. The molecule has 0 heterocycles. The lowest BCUT2D eigenvalue weighted by molar-refractivity contribution is -0.387. The molecule has 0 radical (unpaired) electrons. The summed E-state index contributed by atoms with van der Waals surface area (Å²) in [5.41, 5.74) is -1.64. The largest absolute Gasteiger partial charge is 0.478 e. The van der Waals surface area contributed by atoms with Gasteiger partial charge in [0.05, 0.1) is 11.0 Å². The molecule has 0 aromatic heterocycles. The van der Waals surface area contributed by atoms with Crippen LogP contribution in [-0.4, -0.2) is 22.6 Å². The quantitative estimate of drug-likeness (QED) is 0.507. The molecular weight excluding hydrogens is 271 g/mol. The van der Waals surface area contributed by atoms with Crippen LogP contribution in [0.3, 0.4) is 0 Å². The minimum Gasteiger partial charge on any atom is -0.478 e. The molecule has 0 spiro atoms. The molecule has 1 rings (SSSR count). The first-order chi connectivity index (χ1) is 8.81. The second kappa shape index (κ2) is 5.85. The highest BCUT2D eigenvalue weighted by atomic mass is 19.3. The maximum atomic E-state index is 13.6. The molecule has 6 nitrogen and oxygen atoms in total. The van der Waals surface area contributed by atoms with Crippen molar-refractivity contribution in [2.45, 2.75) is 6.61 Å². The Morgan fingerprint density at radius 2 is 2.11 bits per heavy atom. The van der Waals surface area contributed by atoms with Crippen LogP contribution in [0.15, 0.2) is 18.2 Å². The zero-order valence-corrected chi connectivity index (χ0v) is 9.05. The number of carbonyl (C=O) groups is 1. The van der Waals surface area contributed by atoms with Crippen molar-refractivity contribution in [1.29, 1.82) is 0 Å². The lowest BCUT2D eigenvalue weighted by Gasteiger charge is -2.06. The monoisotopic (exact) mass is 277 g/mol. The van der Waals surface area contributed by atoms with Crippen molar-refractivity contribution in [2.24, 2.45) is 0 Å². The van der Waals surface area contributed by atoms with Crippen LogP contribution >= 0.6 is 0 Å². The van der Waals surface area contributed by atoms with Crippen LogP contribution in [0, 0.1) is 15.9 Å². The lowest BCUT2D eigenvalue weighted by Crippen LogP contribution is -2.04. The fourth-order valence-corrected chi connectivity index (χ4v) is 1.19. The van der Waals surface area contributed by atoms with Gasteiger partial charge in [0, 0.05) is 11.6 Å². The first-order valence-electron chi connectivity index (χ1n) is 4.65. The number of nitro benzene ring substituents is 1. The molecule has 0 aliphatic carbocycles. The molecule has 0 bridgehead atoms. The Kier molecular flexibility index (Phi) is 4.46. The van der Waals surface area contributed by atoms with E-state index in [4.69, 9.17) is 5.11 Å². The number of nitrogens with zero attached hydrogens (tertiary/aromatic N) is 1. The third-order valence-electron chi connectivity index (χ3n) is 1.88. The molecule has 0 saturated carbocycles. The van der Waals surface area contributed by atoms with Crippen molar-refractivity contribution in [3.8, 4) is 5.75 Å². The highest BCUT2D eigenvalue weighted by Gasteiger charge is 2.20. The Morgan fingerprint density at radius 1 is 1.47 bits per heavy atom. The number of halogens is 3. The van der Waals surface area contributed by atoms with Crippen molar-refractivity contribution in [3.63, 3.8) is 0 Å². The van der Waals surface area contributed by atoms with E-state index in [9.17, 15) is 28.1 Å². The van der Waals surface area contributed by atoms with E-state index in [2.05, 4.69) is 4.74 Å². The molecule has 0 fully saturated rings. The molecule has 0 atom stereocenters. The molecule has 0 aliphatic heterocycles. The third-order valence-corrected chi connectivity index (χ3v) is 1.88. The van der Waals surface area contributed by atoms with Gasteiger partial charge in [-0.05, 0) is 12.1 Å². The van der Waals surface area contributed by atoms with Gasteiger partial charge in [-0.2, -0.15) is 13.2 Å². The number of aliphatic carboxylic acids is 1. The van der Waals surface area contributed by atoms with Crippen LogP contribution in [0.2, 0.25) is 0 Å². The maximum absolute atomic E-state index is 13.6. The second-order valence-electron chi connectivity index (χ2n) is 3.15. The minimum absolute atomic E-state index is 0.486. The number of hydrogen-bond acceptors (Lipinski definition) is 4. The van der Waals surface area contributed by atoms with Crippen molar-refractivity contribution in [3.05, 3.63) is 39.7 Å². The summed E-state index contributed by atoms with van der Waals surface area (Å²) in [5, 5.41) is 18.9. The van der Waals surface area contributed by atoms with Crippen molar-refractivity contribution in [1.82, 2.24) is 0 Å². The fourth-order valence-electron chi connectivity index (χ4n) is 1.19. The Labute approximate surface area is 103 Å². The Morgan fingerprint density at radius 3 is 2.58 bits per heavy atom. The predicted molar refractivity (Wildman–Crippen MR) is 56.4 cm³/mol. The molecule has 19 heavy (non-hydrogen) atoms. The van der Waals surface area contributed by atoms with Crippen LogP contribution in [0.1, 0.15) is 5.56 Å². The molecule has 9 heteroatoms. The van der Waals surface area contributed by atoms with E-state index in [1.807, 2.05) is 0 Å². The van der Waals surface area contributed by atoms with Crippen molar-refractivity contribution in [2.75, 3.05) is 0 Å². The van der Waals surface area contributed by atoms with E-state index in [1.165, 1.54) is 0 Å². The smallest absolute Gasteiger partial charge is 0.387 e. The molecule has 1 N–H and O–H groups in total. The SMILES string of the molecule is O=C(O)/C=C/c1cc(OC(F)F)cc([N+](=O)[O-])c1F. The van der Waals surface area contributed by atoms with Gasteiger partial charge in [-0.15, -0.1) is 0 Å². The van der Waals surface area contributed by atoms with E-state index in [-0.39, 0.29) is 0 Å². The van der Waals surface area contributed by atoms with Gasteiger partial charge in [0.25, 0.3) is 0 Å². The van der Waals surface area contributed by atoms with Crippen molar-refractivity contribution < 1.29 is 32.7 Å². The number of ether oxygens (including phenoxy) is 1. The van der Waals surface area contributed by atoms with Gasteiger partial charge in [-0.3, -0.25) is 10.1 Å². The van der Waals surface area contributed by atoms with Crippen LogP contribution in [0.4, 0.5) is 18.9 Å². The predicted octanol–water partition coefficient (Wildman–Crippen LogP) is 2.43. The number of nitro groups is 1. The maximum Gasteiger partial charge on any atom is 0.387 e. The van der Waals surface area contributed by atoms with Crippen molar-refractivity contribution >= 4 is 17.7 Å². The fraction of sp³-hybridized carbons (Fsp3) is 0.100. The van der Waals surface area contributed by atoms with E-state index in [1.54, 1.807) is 0 Å². The Bertz CT molecular complexity index is 544. The normalized spacial score (nSPS) is 10.9. The van der Waals surface area contributed by atoms with Gasteiger partial charge in [0.15, 0.2) is 0 Å². The van der Waals surface area contributed by atoms with Gasteiger partial charge in [-0.1, -0.05) is 0 Å². The average Bonchev–Trinajstić information content (AvgIpc) is 2.28. The standard InChI is InChI=1S/C10H6F3NO5/c11-9-5(1-2-8(15)16)3-6(19-10(12)13)4-7(9)14(17)18/h1-4,10H,(H,15,16)/b2-1+. The van der Waals surface area contributed by atoms with Gasteiger partial charge in [0.2, 0.25) is 5.82 Å². The number of hydrogen-bond donors (Lipinski definition) is 1. The topological polar surface area (TPSA) is 89.7 Å². The summed E-state index contributed by atoms with van der Waals surface area (Å²) in [7, 11) is 0. The summed E-state index contributed by atoms with van der Waals surface area (Å²) in [4.78, 5) is 19.7. The zero-order chi connectivity index (χ0) is 14.6. The second-order valence-corrected chi connectivity index (χ2v) is 3.15. The summed E-state index contributed by atoms with van der Waals surface area (Å²) >= 11 is 0. The zero-order valence-electron chi connectivity index (χ0n) is 9.05. The summed E-state index contributed by atoms with van der Waals surface area (Å²) in [6.45, 7) is -3.25. The van der Waals surface area contributed by atoms with Crippen LogP contribution in [-0.2, 0) is 4.79 Å². The Hall–Kier alpha value is -2.58. The first kappa shape index (κ1) is 14.5. The molecule has 0 saturated heterocycles. The first-order valence-corrected chi connectivity index (χ1v) is 4.65. The summed E-state index contributed by atoms with van der Waals surface area (Å²) in [5.74, 6) is -3.42. The van der Waals surface area contributed by atoms with Gasteiger partial charge in [0.1, 0.15) is 5.75 Å². The highest BCUT2D eigenvalue weighted by molar-refractivity contribution is 5.85. The summed E-state index contributed by atoms with van der Waals surface area (Å²) < 4.78 is 41.5. The number of carboxylic acids is 1. The van der Waals surface area contributed by atoms with Gasteiger partial charge in [-0.25, -0.2) is 4.79 Å². The van der Waals surface area contributed by atoms with E-state index < -0.39 is 40.3 Å². The van der Waals surface area contributed by atoms with Gasteiger partial charge >= 0.3 is 18.3 Å². The third kappa shape index (κ3) is 3.98. The molecule has 0 amide bonds.